The first kappa shape index (κ1) is 19.3. The maximum atomic E-state index is 11.5. The Hall–Kier alpha value is -2.06. The summed E-state index contributed by atoms with van der Waals surface area (Å²) in [6.45, 7) is 3.77. The van der Waals surface area contributed by atoms with E-state index < -0.39 is 41.7 Å². The number of hydrogen-bond donors (Lipinski definition) is 0. The molecule has 0 saturated carbocycles. The summed E-state index contributed by atoms with van der Waals surface area (Å²) >= 11 is 1.34. The summed E-state index contributed by atoms with van der Waals surface area (Å²) in [5.74, 6) is -1.65. The molecule has 0 aliphatic carbocycles. The van der Waals surface area contributed by atoms with Crippen molar-refractivity contribution < 1.29 is 33.3 Å². The molecule has 2 rings (SSSR count). The third-order valence-corrected chi connectivity index (χ3v) is 4.48. The maximum absolute atomic E-state index is 11.5. The summed E-state index contributed by atoms with van der Waals surface area (Å²) in [5, 5.41) is 0. The van der Waals surface area contributed by atoms with Gasteiger partial charge in [0.2, 0.25) is 0 Å². The third-order valence-electron chi connectivity index (χ3n) is 3.30. The molecular formula is C17H20O7S. The second-order valence-corrected chi connectivity index (χ2v) is 6.60. The Kier molecular flexibility index (Phi) is 6.83. The molecule has 1 aliphatic rings. The second kappa shape index (κ2) is 8.87. The van der Waals surface area contributed by atoms with Crippen molar-refractivity contribution >= 4 is 29.7 Å². The highest BCUT2D eigenvalue weighted by Gasteiger charge is 2.47. The lowest BCUT2D eigenvalue weighted by molar-refractivity contribution is -0.213. The Morgan fingerprint density at radius 3 is 2.04 bits per heavy atom. The first-order valence-corrected chi connectivity index (χ1v) is 8.59. The van der Waals surface area contributed by atoms with Gasteiger partial charge in [0.15, 0.2) is 18.3 Å². The van der Waals surface area contributed by atoms with E-state index in [1.165, 1.54) is 32.5 Å². The Bertz CT molecular complexity index is 619. The number of carbonyl (C=O) groups excluding carboxylic acids is 3. The van der Waals surface area contributed by atoms with E-state index in [-0.39, 0.29) is 6.61 Å². The first-order valence-electron chi connectivity index (χ1n) is 7.71. The number of rotatable bonds is 5. The van der Waals surface area contributed by atoms with Crippen LogP contribution < -0.4 is 0 Å². The molecule has 1 unspecified atom stereocenters. The van der Waals surface area contributed by atoms with Crippen molar-refractivity contribution in [3.8, 4) is 0 Å². The average molecular weight is 368 g/mol. The fourth-order valence-electron chi connectivity index (χ4n) is 2.44. The summed E-state index contributed by atoms with van der Waals surface area (Å²) in [4.78, 5) is 35.2. The molecule has 1 heterocycles. The van der Waals surface area contributed by atoms with Crippen LogP contribution in [0.2, 0.25) is 0 Å². The molecule has 1 aromatic rings. The van der Waals surface area contributed by atoms with E-state index in [2.05, 4.69) is 0 Å². The normalized spacial score (nSPS) is 25.7. The molecule has 0 N–H and O–H groups in total. The van der Waals surface area contributed by atoms with Gasteiger partial charge in [0.05, 0.1) is 6.61 Å². The SMILES string of the molecule is CC(=O)OC1[C@@H](OC(C)=O)[C@H](OC(C)=O)CO[C@H]1Sc1ccccc1. The topological polar surface area (TPSA) is 88.1 Å². The zero-order chi connectivity index (χ0) is 18.4. The second-order valence-electron chi connectivity index (χ2n) is 5.43. The summed E-state index contributed by atoms with van der Waals surface area (Å²) in [7, 11) is 0. The molecule has 4 atom stereocenters. The quantitative estimate of drug-likeness (QED) is 0.575. The molecule has 8 heteroatoms. The van der Waals surface area contributed by atoms with Crippen molar-refractivity contribution in [2.45, 2.75) is 49.4 Å². The highest BCUT2D eigenvalue weighted by Crippen LogP contribution is 2.34. The number of carbonyl (C=O) groups is 3. The highest BCUT2D eigenvalue weighted by atomic mass is 32.2. The minimum atomic E-state index is -0.944. The van der Waals surface area contributed by atoms with Gasteiger partial charge in [0.25, 0.3) is 0 Å². The standard InChI is InChI=1S/C17H20O7S/c1-10(18)22-14-9-21-17(25-13-7-5-4-6-8-13)16(24-12(3)20)15(14)23-11(2)19/h4-8,14-17H,9H2,1-3H3/t14-,15+,16?,17+/m1/s1. The number of ether oxygens (including phenoxy) is 4. The number of hydrogen-bond acceptors (Lipinski definition) is 8. The van der Waals surface area contributed by atoms with Crippen LogP contribution >= 0.6 is 11.8 Å². The molecule has 136 valence electrons. The molecule has 1 fully saturated rings. The fourth-order valence-corrected chi connectivity index (χ4v) is 3.52. The summed E-state index contributed by atoms with van der Waals surface area (Å²) in [6, 6.07) is 9.40. The van der Waals surface area contributed by atoms with Crippen LogP contribution in [0, 0.1) is 0 Å². The van der Waals surface area contributed by atoms with Gasteiger partial charge in [-0.1, -0.05) is 30.0 Å². The van der Waals surface area contributed by atoms with Gasteiger partial charge < -0.3 is 18.9 Å². The predicted molar refractivity (Wildman–Crippen MR) is 88.7 cm³/mol. The van der Waals surface area contributed by atoms with E-state index >= 15 is 0 Å². The van der Waals surface area contributed by atoms with Gasteiger partial charge in [0.1, 0.15) is 5.44 Å². The Morgan fingerprint density at radius 2 is 1.48 bits per heavy atom. The summed E-state index contributed by atoms with van der Waals surface area (Å²) < 4.78 is 21.6. The largest absolute Gasteiger partial charge is 0.456 e. The Balaban J connectivity index is 2.25. The van der Waals surface area contributed by atoms with Crippen LogP contribution in [0.4, 0.5) is 0 Å². The highest BCUT2D eigenvalue weighted by molar-refractivity contribution is 7.99. The molecule has 25 heavy (non-hydrogen) atoms. The molecular weight excluding hydrogens is 348 g/mol. The molecule has 0 radical (unpaired) electrons. The van der Waals surface area contributed by atoms with Crippen molar-refractivity contribution in [1.82, 2.24) is 0 Å². The van der Waals surface area contributed by atoms with E-state index in [4.69, 9.17) is 18.9 Å². The monoisotopic (exact) mass is 368 g/mol. The van der Waals surface area contributed by atoms with Gasteiger partial charge in [0, 0.05) is 25.7 Å². The summed E-state index contributed by atoms with van der Waals surface area (Å²) in [6.07, 6.45) is -2.71. The molecule has 0 aromatic heterocycles. The molecule has 0 amide bonds. The van der Waals surface area contributed by atoms with Crippen molar-refractivity contribution in [2.24, 2.45) is 0 Å². The lowest BCUT2D eigenvalue weighted by Crippen LogP contribution is -2.56. The molecule has 1 aliphatic heterocycles. The molecule has 1 saturated heterocycles. The van der Waals surface area contributed by atoms with E-state index in [1.54, 1.807) is 0 Å². The molecule has 7 nitrogen and oxygen atoms in total. The number of thioether (sulfide) groups is 1. The van der Waals surface area contributed by atoms with E-state index in [0.29, 0.717) is 0 Å². The molecule has 1 aromatic carbocycles. The van der Waals surface area contributed by atoms with E-state index in [0.717, 1.165) is 4.90 Å². The maximum Gasteiger partial charge on any atom is 0.303 e. The van der Waals surface area contributed by atoms with E-state index in [1.807, 2.05) is 30.3 Å². The smallest absolute Gasteiger partial charge is 0.303 e. The van der Waals surface area contributed by atoms with Crippen LogP contribution in [0.3, 0.4) is 0 Å². The van der Waals surface area contributed by atoms with Crippen molar-refractivity contribution in [1.29, 1.82) is 0 Å². The zero-order valence-corrected chi connectivity index (χ0v) is 15.0. The predicted octanol–water partition coefficient (Wildman–Crippen LogP) is 1.93. The first-order chi connectivity index (χ1) is 11.9. The lowest BCUT2D eigenvalue weighted by atomic mass is 10.1. The number of esters is 3. The van der Waals surface area contributed by atoms with Crippen molar-refractivity contribution in [3.63, 3.8) is 0 Å². The van der Waals surface area contributed by atoms with Crippen LogP contribution in [0.5, 0.6) is 0 Å². The van der Waals surface area contributed by atoms with Gasteiger partial charge in [-0.3, -0.25) is 14.4 Å². The van der Waals surface area contributed by atoms with E-state index in [9.17, 15) is 14.4 Å². The van der Waals surface area contributed by atoms with Gasteiger partial charge in [-0.25, -0.2) is 0 Å². The minimum absolute atomic E-state index is 0.0276. The van der Waals surface area contributed by atoms with Crippen LogP contribution in [0.15, 0.2) is 35.2 Å². The van der Waals surface area contributed by atoms with Crippen molar-refractivity contribution in [3.05, 3.63) is 30.3 Å². The lowest BCUT2D eigenvalue weighted by Gasteiger charge is -2.40. The summed E-state index contributed by atoms with van der Waals surface area (Å²) in [5.41, 5.74) is -0.609. The van der Waals surface area contributed by atoms with Crippen LogP contribution in [0.25, 0.3) is 0 Å². The van der Waals surface area contributed by atoms with Gasteiger partial charge in [-0.2, -0.15) is 0 Å². The molecule has 0 bridgehead atoms. The Labute approximate surface area is 150 Å². The molecule has 0 spiro atoms. The number of benzene rings is 1. The Morgan fingerprint density at radius 1 is 0.920 bits per heavy atom. The van der Waals surface area contributed by atoms with Crippen LogP contribution in [-0.4, -0.2) is 48.3 Å². The van der Waals surface area contributed by atoms with Crippen molar-refractivity contribution in [2.75, 3.05) is 6.61 Å². The average Bonchev–Trinajstić information content (AvgIpc) is 2.52. The van der Waals surface area contributed by atoms with Gasteiger partial charge >= 0.3 is 17.9 Å². The van der Waals surface area contributed by atoms with Crippen LogP contribution in [-0.2, 0) is 33.3 Å². The van der Waals surface area contributed by atoms with Gasteiger partial charge in [-0.15, -0.1) is 0 Å². The van der Waals surface area contributed by atoms with Crippen LogP contribution in [0.1, 0.15) is 20.8 Å². The third kappa shape index (κ3) is 5.75. The zero-order valence-electron chi connectivity index (χ0n) is 14.2. The van der Waals surface area contributed by atoms with Gasteiger partial charge in [-0.05, 0) is 12.1 Å². The minimum Gasteiger partial charge on any atom is -0.456 e. The fraction of sp³-hybridized carbons (Fsp3) is 0.471.